The van der Waals surface area contributed by atoms with Gasteiger partial charge in [0.25, 0.3) is 0 Å². The number of hydrogen-bond acceptors (Lipinski definition) is 5. The number of nitrogens with zero attached hydrogens (tertiary/aromatic N) is 1. The van der Waals surface area contributed by atoms with Crippen LogP contribution in [0.5, 0.6) is 5.75 Å². The lowest BCUT2D eigenvalue weighted by atomic mass is 10.2. The normalized spacial score (nSPS) is 13.5. The van der Waals surface area contributed by atoms with Crippen molar-refractivity contribution in [3.05, 3.63) is 29.8 Å². The molecular formula is C15H22N2O3. The van der Waals surface area contributed by atoms with Crippen LogP contribution in [0.4, 0.5) is 0 Å². The molecule has 2 atom stereocenters. The number of benzene rings is 1. The molecule has 2 unspecified atom stereocenters. The second-order valence-electron chi connectivity index (χ2n) is 4.53. The molecule has 5 heteroatoms. The van der Waals surface area contributed by atoms with Crippen LogP contribution in [0.15, 0.2) is 24.3 Å². The molecule has 1 rings (SSSR count). The van der Waals surface area contributed by atoms with E-state index in [4.69, 9.17) is 14.7 Å². The van der Waals surface area contributed by atoms with Crippen molar-refractivity contribution in [3.8, 4) is 11.8 Å². The predicted molar refractivity (Wildman–Crippen MR) is 76.6 cm³/mol. The van der Waals surface area contributed by atoms with Gasteiger partial charge in [0, 0.05) is 19.7 Å². The van der Waals surface area contributed by atoms with Crippen LogP contribution >= 0.6 is 0 Å². The highest BCUT2D eigenvalue weighted by molar-refractivity contribution is 5.34. The minimum atomic E-state index is -0.584. The van der Waals surface area contributed by atoms with Crippen LogP contribution < -0.4 is 10.1 Å². The van der Waals surface area contributed by atoms with E-state index < -0.39 is 6.10 Å². The Morgan fingerprint density at radius 3 is 2.60 bits per heavy atom. The maximum absolute atomic E-state index is 9.77. The van der Waals surface area contributed by atoms with Crippen molar-refractivity contribution >= 4 is 0 Å². The van der Waals surface area contributed by atoms with Crippen molar-refractivity contribution < 1.29 is 14.6 Å². The van der Waals surface area contributed by atoms with Gasteiger partial charge in [0.1, 0.15) is 18.5 Å². The molecule has 0 saturated carbocycles. The Balaban J connectivity index is 2.19. The fraction of sp³-hybridized carbons (Fsp3) is 0.533. The number of rotatable bonds is 9. The standard InChI is InChI=1S/C15H22N2O3/c1-3-19-12(2)9-17-10-14(18)11-20-15-6-4-13(8-16)5-7-15/h4-7,12,14,17-18H,3,9-11H2,1-2H3. The van der Waals surface area contributed by atoms with Gasteiger partial charge < -0.3 is 19.9 Å². The molecule has 0 amide bonds. The molecule has 0 aliphatic carbocycles. The average Bonchev–Trinajstić information content (AvgIpc) is 2.46. The maximum atomic E-state index is 9.77. The SMILES string of the molecule is CCOC(C)CNCC(O)COc1ccc(C#N)cc1. The minimum Gasteiger partial charge on any atom is -0.491 e. The van der Waals surface area contributed by atoms with Crippen LogP contribution in [0.2, 0.25) is 0 Å². The molecule has 0 bridgehead atoms. The summed E-state index contributed by atoms with van der Waals surface area (Å²) in [6.45, 7) is 5.98. The Kier molecular flexibility index (Phi) is 7.66. The summed E-state index contributed by atoms with van der Waals surface area (Å²) in [6, 6.07) is 8.85. The highest BCUT2D eigenvalue weighted by atomic mass is 16.5. The van der Waals surface area contributed by atoms with E-state index in [1.165, 1.54) is 0 Å². The molecule has 1 aromatic carbocycles. The topological polar surface area (TPSA) is 74.5 Å². The zero-order valence-electron chi connectivity index (χ0n) is 12.0. The predicted octanol–water partition coefficient (Wildman–Crippen LogP) is 1.31. The van der Waals surface area contributed by atoms with E-state index in [2.05, 4.69) is 5.32 Å². The first-order valence-corrected chi connectivity index (χ1v) is 6.79. The second kappa shape index (κ2) is 9.32. The molecule has 2 N–H and O–H groups in total. The van der Waals surface area contributed by atoms with Gasteiger partial charge in [-0.1, -0.05) is 0 Å². The first-order chi connectivity index (χ1) is 9.65. The van der Waals surface area contributed by atoms with E-state index >= 15 is 0 Å². The molecular weight excluding hydrogens is 256 g/mol. The Hall–Kier alpha value is -1.61. The third-order valence-corrected chi connectivity index (χ3v) is 2.69. The van der Waals surface area contributed by atoms with E-state index in [1.807, 2.05) is 19.9 Å². The first kappa shape index (κ1) is 16.4. The quantitative estimate of drug-likeness (QED) is 0.712. The molecule has 0 aliphatic rings. The molecule has 0 saturated heterocycles. The summed E-state index contributed by atoms with van der Waals surface area (Å²) in [5, 5.41) is 21.6. The smallest absolute Gasteiger partial charge is 0.119 e. The number of nitrogens with one attached hydrogen (secondary N) is 1. The maximum Gasteiger partial charge on any atom is 0.119 e. The number of hydrogen-bond donors (Lipinski definition) is 2. The third-order valence-electron chi connectivity index (χ3n) is 2.69. The molecule has 0 fully saturated rings. The zero-order valence-corrected chi connectivity index (χ0v) is 12.0. The minimum absolute atomic E-state index is 0.131. The van der Waals surface area contributed by atoms with E-state index in [9.17, 15) is 5.11 Å². The summed E-state index contributed by atoms with van der Waals surface area (Å²) in [7, 11) is 0. The largest absolute Gasteiger partial charge is 0.491 e. The lowest BCUT2D eigenvalue weighted by Crippen LogP contribution is -2.35. The lowest BCUT2D eigenvalue weighted by Gasteiger charge is -2.16. The van der Waals surface area contributed by atoms with E-state index in [0.29, 0.717) is 31.0 Å². The summed E-state index contributed by atoms with van der Waals surface area (Å²) >= 11 is 0. The molecule has 0 heterocycles. The average molecular weight is 278 g/mol. The molecule has 0 aromatic heterocycles. The molecule has 0 aliphatic heterocycles. The van der Waals surface area contributed by atoms with Gasteiger partial charge >= 0.3 is 0 Å². The monoisotopic (exact) mass is 278 g/mol. The van der Waals surface area contributed by atoms with Gasteiger partial charge in [-0.15, -0.1) is 0 Å². The summed E-state index contributed by atoms with van der Waals surface area (Å²) < 4.78 is 10.8. The van der Waals surface area contributed by atoms with Crippen molar-refractivity contribution in [2.75, 3.05) is 26.3 Å². The molecule has 1 aromatic rings. The summed E-state index contributed by atoms with van der Waals surface area (Å²) in [5.41, 5.74) is 0.587. The van der Waals surface area contributed by atoms with Gasteiger partial charge in [-0.2, -0.15) is 5.26 Å². The Labute approximate surface area is 120 Å². The number of aliphatic hydroxyl groups excluding tert-OH is 1. The number of aliphatic hydroxyl groups is 1. The van der Waals surface area contributed by atoms with Crippen LogP contribution in [0.3, 0.4) is 0 Å². The Morgan fingerprint density at radius 2 is 2.00 bits per heavy atom. The number of nitriles is 1. The summed E-state index contributed by atoms with van der Waals surface area (Å²) in [6.07, 6.45) is -0.453. The van der Waals surface area contributed by atoms with Crippen LogP contribution in [0, 0.1) is 11.3 Å². The third kappa shape index (κ3) is 6.53. The van der Waals surface area contributed by atoms with Crippen LogP contribution in [0.25, 0.3) is 0 Å². The van der Waals surface area contributed by atoms with Gasteiger partial charge in [-0.25, -0.2) is 0 Å². The Morgan fingerprint density at radius 1 is 1.30 bits per heavy atom. The summed E-state index contributed by atoms with van der Waals surface area (Å²) in [5.74, 6) is 0.644. The molecule has 20 heavy (non-hydrogen) atoms. The van der Waals surface area contributed by atoms with Gasteiger partial charge in [0.15, 0.2) is 0 Å². The molecule has 0 radical (unpaired) electrons. The molecule has 5 nitrogen and oxygen atoms in total. The van der Waals surface area contributed by atoms with Crippen LogP contribution in [0.1, 0.15) is 19.4 Å². The molecule has 0 spiro atoms. The fourth-order valence-electron chi connectivity index (χ4n) is 1.67. The van der Waals surface area contributed by atoms with Gasteiger partial charge in [-0.05, 0) is 38.1 Å². The number of ether oxygens (including phenoxy) is 2. The van der Waals surface area contributed by atoms with Gasteiger partial charge in [0.05, 0.1) is 17.7 Å². The fourth-order valence-corrected chi connectivity index (χ4v) is 1.67. The van der Waals surface area contributed by atoms with Gasteiger partial charge in [0.2, 0.25) is 0 Å². The van der Waals surface area contributed by atoms with Crippen LogP contribution in [-0.4, -0.2) is 43.6 Å². The highest BCUT2D eigenvalue weighted by Gasteiger charge is 2.06. The highest BCUT2D eigenvalue weighted by Crippen LogP contribution is 2.11. The van der Waals surface area contributed by atoms with E-state index in [0.717, 1.165) is 0 Å². The zero-order chi connectivity index (χ0) is 14.8. The van der Waals surface area contributed by atoms with Crippen molar-refractivity contribution in [1.29, 1.82) is 5.26 Å². The van der Waals surface area contributed by atoms with E-state index in [1.54, 1.807) is 24.3 Å². The summed E-state index contributed by atoms with van der Waals surface area (Å²) in [4.78, 5) is 0. The second-order valence-corrected chi connectivity index (χ2v) is 4.53. The lowest BCUT2D eigenvalue weighted by molar-refractivity contribution is 0.0671. The molecule has 110 valence electrons. The van der Waals surface area contributed by atoms with Crippen molar-refractivity contribution in [2.24, 2.45) is 0 Å². The van der Waals surface area contributed by atoms with Crippen molar-refractivity contribution in [3.63, 3.8) is 0 Å². The van der Waals surface area contributed by atoms with Crippen molar-refractivity contribution in [1.82, 2.24) is 5.32 Å². The first-order valence-electron chi connectivity index (χ1n) is 6.79. The van der Waals surface area contributed by atoms with E-state index in [-0.39, 0.29) is 12.7 Å². The van der Waals surface area contributed by atoms with Crippen molar-refractivity contribution in [2.45, 2.75) is 26.1 Å². The van der Waals surface area contributed by atoms with Gasteiger partial charge in [-0.3, -0.25) is 0 Å². The Bertz CT molecular complexity index is 414. The van der Waals surface area contributed by atoms with Crippen LogP contribution in [-0.2, 0) is 4.74 Å².